The summed E-state index contributed by atoms with van der Waals surface area (Å²) in [6.07, 6.45) is 3.65. The second kappa shape index (κ2) is 7.81. The summed E-state index contributed by atoms with van der Waals surface area (Å²) in [7, 11) is -3.59. The predicted octanol–water partition coefficient (Wildman–Crippen LogP) is 0.640. The highest BCUT2D eigenvalue weighted by Crippen LogP contribution is 2.20. The van der Waals surface area contributed by atoms with Gasteiger partial charge in [-0.15, -0.1) is 0 Å². The van der Waals surface area contributed by atoms with Gasteiger partial charge >= 0.3 is 0 Å². The number of hydrogen-bond acceptors (Lipinski definition) is 5. The Balaban J connectivity index is 1.58. The second-order valence-electron chi connectivity index (χ2n) is 6.67. The number of amides is 1. The summed E-state index contributed by atoms with van der Waals surface area (Å²) in [4.78, 5) is 14.4. The molecular weight excluding hydrogens is 368 g/mol. The highest BCUT2D eigenvalue weighted by molar-refractivity contribution is 7.89. The lowest BCUT2D eigenvalue weighted by Gasteiger charge is -2.34. The molecule has 10 heteroatoms. The van der Waals surface area contributed by atoms with Crippen LogP contribution in [0.5, 0.6) is 0 Å². The molecule has 9 nitrogen and oxygen atoms in total. The van der Waals surface area contributed by atoms with Gasteiger partial charge in [0.2, 0.25) is 15.9 Å². The van der Waals surface area contributed by atoms with E-state index in [2.05, 4.69) is 10.2 Å². The van der Waals surface area contributed by atoms with Gasteiger partial charge in [-0.1, -0.05) is 0 Å². The molecule has 0 N–H and O–H groups in total. The van der Waals surface area contributed by atoms with Gasteiger partial charge < -0.3 is 4.90 Å². The number of aromatic nitrogens is 4. The van der Waals surface area contributed by atoms with E-state index in [0.717, 1.165) is 5.69 Å². The molecule has 0 radical (unpaired) electrons. The maximum atomic E-state index is 12.9. The third-order valence-electron chi connectivity index (χ3n) is 4.90. The van der Waals surface area contributed by atoms with Crippen molar-refractivity contribution in [1.82, 2.24) is 28.8 Å². The standard InChI is InChI=1S/C17H26N6O3S/c1-4-21-13-16(15(3)19-21)27(25,26)22-11-9-20(10-12-22)17(24)6-8-23-14(2)5-7-18-23/h5,7,13H,4,6,8-12H2,1-3H3. The zero-order chi connectivity index (χ0) is 19.6. The first-order valence-electron chi connectivity index (χ1n) is 9.13. The van der Waals surface area contributed by atoms with Crippen LogP contribution in [-0.2, 0) is 27.9 Å². The van der Waals surface area contributed by atoms with E-state index in [9.17, 15) is 13.2 Å². The summed E-state index contributed by atoms with van der Waals surface area (Å²) in [5.41, 5.74) is 1.52. The maximum Gasteiger partial charge on any atom is 0.246 e. The Hall–Kier alpha value is -2.20. The largest absolute Gasteiger partial charge is 0.340 e. The molecule has 148 valence electrons. The van der Waals surface area contributed by atoms with E-state index in [1.807, 2.05) is 19.9 Å². The van der Waals surface area contributed by atoms with Crippen LogP contribution in [0.4, 0.5) is 0 Å². The number of rotatable bonds is 6. The van der Waals surface area contributed by atoms with E-state index in [0.29, 0.717) is 51.4 Å². The molecule has 1 aliphatic heterocycles. The van der Waals surface area contributed by atoms with E-state index >= 15 is 0 Å². The van der Waals surface area contributed by atoms with Crippen molar-refractivity contribution in [3.05, 3.63) is 29.8 Å². The molecule has 0 aliphatic carbocycles. The van der Waals surface area contributed by atoms with E-state index in [1.165, 1.54) is 4.31 Å². The first-order chi connectivity index (χ1) is 12.8. The molecule has 3 heterocycles. The van der Waals surface area contributed by atoms with Gasteiger partial charge in [0.15, 0.2) is 0 Å². The minimum absolute atomic E-state index is 0.0249. The number of piperazine rings is 1. The molecular formula is C17H26N6O3S. The number of hydrogen-bond donors (Lipinski definition) is 0. The van der Waals surface area contributed by atoms with E-state index in [1.54, 1.807) is 33.6 Å². The van der Waals surface area contributed by atoms with Crippen molar-refractivity contribution in [2.45, 2.75) is 45.2 Å². The highest BCUT2D eigenvalue weighted by atomic mass is 32.2. The molecule has 0 unspecified atom stereocenters. The number of carbonyl (C=O) groups excluding carboxylic acids is 1. The van der Waals surface area contributed by atoms with Crippen LogP contribution >= 0.6 is 0 Å². The summed E-state index contributed by atoms with van der Waals surface area (Å²) in [5, 5.41) is 8.41. The van der Waals surface area contributed by atoms with E-state index < -0.39 is 10.0 Å². The maximum absolute atomic E-state index is 12.9. The number of nitrogens with zero attached hydrogens (tertiary/aromatic N) is 6. The van der Waals surface area contributed by atoms with Crippen molar-refractivity contribution in [3.8, 4) is 0 Å². The normalized spacial score (nSPS) is 16.0. The summed E-state index contributed by atoms with van der Waals surface area (Å²) in [6.45, 7) is 8.11. The van der Waals surface area contributed by atoms with Crippen molar-refractivity contribution >= 4 is 15.9 Å². The molecule has 3 rings (SSSR count). The third-order valence-corrected chi connectivity index (χ3v) is 6.90. The smallest absolute Gasteiger partial charge is 0.246 e. The monoisotopic (exact) mass is 394 g/mol. The van der Waals surface area contributed by atoms with Gasteiger partial charge in [-0.3, -0.25) is 14.2 Å². The van der Waals surface area contributed by atoms with Gasteiger partial charge in [0, 0.05) is 63.8 Å². The molecule has 0 saturated carbocycles. The van der Waals surface area contributed by atoms with Gasteiger partial charge in [-0.2, -0.15) is 14.5 Å². The SMILES string of the molecule is CCn1cc(S(=O)(=O)N2CCN(C(=O)CCn3nccc3C)CC2)c(C)n1. The van der Waals surface area contributed by atoms with Crippen molar-refractivity contribution < 1.29 is 13.2 Å². The van der Waals surface area contributed by atoms with Crippen molar-refractivity contribution in [1.29, 1.82) is 0 Å². The zero-order valence-electron chi connectivity index (χ0n) is 16.0. The molecule has 1 amide bonds. The summed E-state index contributed by atoms with van der Waals surface area (Å²) < 4.78 is 30.6. The van der Waals surface area contributed by atoms with Gasteiger partial charge in [0.05, 0.1) is 5.69 Å². The molecule has 27 heavy (non-hydrogen) atoms. The van der Waals surface area contributed by atoms with Crippen LogP contribution in [-0.4, -0.2) is 69.3 Å². The predicted molar refractivity (Wildman–Crippen MR) is 99.6 cm³/mol. The van der Waals surface area contributed by atoms with Gasteiger partial charge in [-0.05, 0) is 26.8 Å². The van der Waals surface area contributed by atoms with Gasteiger partial charge in [-0.25, -0.2) is 8.42 Å². The number of carbonyl (C=O) groups is 1. The summed E-state index contributed by atoms with van der Waals surface area (Å²) >= 11 is 0. The average molecular weight is 395 g/mol. The fraction of sp³-hybridized carbons (Fsp3) is 0.588. The summed E-state index contributed by atoms with van der Waals surface area (Å²) in [5.74, 6) is 0.0249. The van der Waals surface area contributed by atoms with Crippen LogP contribution in [0.3, 0.4) is 0 Å². The van der Waals surface area contributed by atoms with Crippen LogP contribution in [0.25, 0.3) is 0 Å². The quantitative estimate of drug-likeness (QED) is 0.717. The number of aryl methyl sites for hydroxylation is 4. The third kappa shape index (κ3) is 4.06. The first-order valence-corrected chi connectivity index (χ1v) is 10.6. The van der Waals surface area contributed by atoms with E-state index in [-0.39, 0.29) is 10.8 Å². The fourth-order valence-corrected chi connectivity index (χ4v) is 4.82. The Kier molecular flexibility index (Phi) is 5.66. The Labute approximate surface area is 159 Å². The summed E-state index contributed by atoms with van der Waals surface area (Å²) in [6, 6.07) is 1.90. The van der Waals surface area contributed by atoms with Crippen LogP contribution in [0.1, 0.15) is 24.7 Å². The molecule has 0 bridgehead atoms. The van der Waals surface area contributed by atoms with Crippen LogP contribution < -0.4 is 0 Å². The fourth-order valence-electron chi connectivity index (χ4n) is 3.22. The molecule has 0 spiro atoms. The van der Waals surface area contributed by atoms with Gasteiger partial charge in [0.25, 0.3) is 0 Å². The molecule has 1 fully saturated rings. The Morgan fingerprint density at radius 1 is 1.19 bits per heavy atom. The second-order valence-corrected chi connectivity index (χ2v) is 8.57. The molecule has 1 saturated heterocycles. The topological polar surface area (TPSA) is 93.3 Å². The Morgan fingerprint density at radius 3 is 2.44 bits per heavy atom. The van der Waals surface area contributed by atoms with Crippen LogP contribution in [0.2, 0.25) is 0 Å². The van der Waals surface area contributed by atoms with Crippen molar-refractivity contribution in [2.24, 2.45) is 0 Å². The van der Waals surface area contributed by atoms with Crippen LogP contribution in [0, 0.1) is 13.8 Å². The molecule has 2 aromatic heterocycles. The molecule has 0 atom stereocenters. The minimum Gasteiger partial charge on any atom is -0.340 e. The van der Waals surface area contributed by atoms with Crippen molar-refractivity contribution in [3.63, 3.8) is 0 Å². The first kappa shape index (κ1) is 19.6. The Morgan fingerprint density at radius 2 is 1.89 bits per heavy atom. The van der Waals surface area contributed by atoms with Gasteiger partial charge in [0.1, 0.15) is 4.90 Å². The number of sulfonamides is 1. The lowest BCUT2D eigenvalue weighted by molar-refractivity contribution is -0.132. The Bertz CT molecular complexity index is 909. The minimum atomic E-state index is -3.59. The van der Waals surface area contributed by atoms with E-state index in [4.69, 9.17) is 0 Å². The average Bonchev–Trinajstić information content (AvgIpc) is 3.25. The lowest BCUT2D eigenvalue weighted by Crippen LogP contribution is -2.50. The molecule has 1 aliphatic rings. The lowest BCUT2D eigenvalue weighted by atomic mass is 10.3. The van der Waals surface area contributed by atoms with Crippen molar-refractivity contribution in [2.75, 3.05) is 26.2 Å². The van der Waals surface area contributed by atoms with Crippen LogP contribution in [0.15, 0.2) is 23.4 Å². The molecule has 2 aromatic rings. The highest BCUT2D eigenvalue weighted by Gasteiger charge is 2.32. The zero-order valence-corrected chi connectivity index (χ0v) is 16.8. The molecule has 0 aromatic carbocycles.